The fourth-order valence-corrected chi connectivity index (χ4v) is 3.49. The zero-order chi connectivity index (χ0) is 23.5. The van der Waals surface area contributed by atoms with Crippen LogP contribution < -0.4 is 10.1 Å². The van der Waals surface area contributed by atoms with Crippen LogP contribution in [0, 0.1) is 13.8 Å². The number of aryl methyl sites for hydroxylation is 2. The number of pyridine rings is 1. The molecule has 1 aliphatic rings. The molecule has 1 amide bonds. The smallest absolute Gasteiger partial charge is 0.269 e. The molecule has 4 heterocycles. The first kappa shape index (κ1) is 21.8. The van der Waals surface area contributed by atoms with Gasteiger partial charge in [0.2, 0.25) is 12.0 Å². The Morgan fingerprint density at radius 2 is 1.97 bits per heavy atom. The standard InChI is InChI=1S/C23H24N8O3/c1-14-6-7-19(26-10-14)30-22(32)18(12-33-16-4-3-5-16)34-23-17-11-29-31(21(17)27-13-28-23)20-15(2)24-8-9-25-20/h6-11,13,16,18H,3-5,12H2,1-2H3,(H,26,30,32). The van der Waals surface area contributed by atoms with E-state index in [1.54, 1.807) is 35.5 Å². The Labute approximate surface area is 195 Å². The van der Waals surface area contributed by atoms with Crippen LogP contribution >= 0.6 is 0 Å². The number of nitrogens with one attached hydrogen (secondary N) is 1. The van der Waals surface area contributed by atoms with Crippen LogP contribution in [0.3, 0.4) is 0 Å². The van der Waals surface area contributed by atoms with Crippen LogP contribution in [0.25, 0.3) is 16.9 Å². The van der Waals surface area contributed by atoms with Crippen LogP contribution in [0.5, 0.6) is 5.88 Å². The maximum Gasteiger partial charge on any atom is 0.269 e. The number of fused-ring (bicyclic) bond motifs is 1. The Hall–Kier alpha value is -3.99. The van der Waals surface area contributed by atoms with Crippen molar-refractivity contribution < 1.29 is 14.3 Å². The lowest BCUT2D eigenvalue weighted by Crippen LogP contribution is -2.39. The number of aromatic nitrogens is 7. The van der Waals surface area contributed by atoms with Crippen molar-refractivity contribution in [2.45, 2.75) is 45.3 Å². The average Bonchev–Trinajstić information content (AvgIpc) is 3.24. The summed E-state index contributed by atoms with van der Waals surface area (Å²) in [4.78, 5) is 34.6. The minimum atomic E-state index is -0.941. The van der Waals surface area contributed by atoms with Crippen LogP contribution in [0.15, 0.2) is 43.2 Å². The molecule has 11 heteroatoms. The van der Waals surface area contributed by atoms with Gasteiger partial charge in [-0.05, 0) is 44.7 Å². The van der Waals surface area contributed by atoms with Gasteiger partial charge in [-0.1, -0.05) is 6.07 Å². The van der Waals surface area contributed by atoms with Gasteiger partial charge < -0.3 is 14.8 Å². The molecule has 4 aromatic rings. The van der Waals surface area contributed by atoms with E-state index >= 15 is 0 Å². The first-order valence-corrected chi connectivity index (χ1v) is 11.1. The second kappa shape index (κ2) is 9.48. The van der Waals surface area contributed by atoms with Crippen LogP contribution in [0.2, 0.25) is 0 Å². The molecular formula is C23H24N8O3. The summed E-state index contributed by atoms with van der Waals surface area (Å²) in [6.07, 6.45) is 10.1. The number of carbonyl (C=O) groups is 1. The Morgan fingerprint density at radius 3 is 2.71 bits per heavy atom. The van der Waals surface area contributed by atoms with Crippen molar-refractivity contribution in [1.29, 1.82) is 0 Å². The molecule has 1 N–H and O–H groups in total. The third-order valence-corrected chi connectivity index (χ3v) is 5.63. The van der Waals surface area contributed by atoms with Crippen molar-refractivity contribution in [3.63, 3.8) is 0 Å². The molecule has 174 valence electrons. The molecule has 0 aromatic carbocycles. The molecule has 0 saturated heterocycles. The Balaban J connectivity index is 1.41. The van der Waals surface area contributed by atoms with Crippen molar-refractivity contribution in [2.24, 2.45) is 0 Å². The van der Waals surface area contributed by atoms with E-state index in [1.807, 2.05) is 19.9 Å². The summed E-state index contributed by atoms with van der Waals surface area (Å²) in [6.45, 7) is 3.86. The van der Waals surface area contributed by atoms with Gasteiger partial charge in [-0.25, -0.2) is 19.9 Å². The summed E-state index contributed by atoms with van der Waals surface area (Å²) in [6, 6.07) is 3.62. The molecule has 34 heavy (non-hydrogen) atoms. The summed E-state index contributed by atoms with van der Waals surface area (Å²) >= 11 is 0. The van der Waals surface area contributed by atoms with Gasteiger partial charge in [-0.15, -0.1) is 0 Å². The van der Waals surface area contributed by atoms with E-state index in [0.29, 0.717) is 28.4 Å². The number of nitrogens with zero attached hydrogens (tertiary/aromatic N) is 7. The van der Waals surface area contributed by atoms with E-state index in [1.165, 1.54) is 6.33 Å². The highest BCUT2D eigenvalue weighted by Gasteiger charge is 2.27. The lowest BCUT2D eigenvalue weighted by Gasteiger charge is -2.27. The van der Waals surface area contributed by atoms with Gasteiger partial charge in [0.1, 0.15) is 17.5 Å². The molecule has 0 radical (unpaired) electrons. The van der Waals surface area contributed by atoms with Gasteiger partial charge in [0.05, 0.1) is 24.6 Å². The zero-order valence-corrected chi connectivity index (χ0v) is 18.9. The zero-order valence-electron chi connectivity index (χ0n) is 18.9. The summed E-state index contributed by atoms with van der Waals surface area (Å²) < 4.78 is 13.6. The lowest BCUT2D eigenvalue weighted by atomic mass is 9.96. The minimum absolute atomic E-state index is 0.0886. The largest absolute Gasteiger partial charge is 0.461 e. The summed E-state index contributed by atoms with van der Waals surface area (Å²) in [5, 5.41) is 7.74. The molecule has 1 aliphatic carbocycles. The number of rotatable bonds is 8. The summed E-state index contributed by atoms with van der Waals surface area (Å²) in [7, 11) is 0. The van der Waals surface area contributed by atoms with E-state index in [-0.39, 0.29) is 24.5 Å². The second-order valence-electron chi connectivity index (χ2n) is 8.14. The molecular weight excluding hydrogens is 436 g/mol. The molecule has 5 rings (SSSR count). The Morgan fingerprint density at radius 1 is 1.12 bits per heavy atom. The molecule has 0 aliphatic heterocycles. The van der Waals surface area contributed by atoms with Crippen molar-refractivity contribution in [3.05, 3.63) is 54.5 Å². The Kier molecular flexibility index (Phi) is 6.09. The van der Waals surface area contributed by atoms with E-state index in [9.17, 15) is 4.79 Å². The number of carbonyl (C=O) groups excluding carboxylic acids is 1. The molecule has 1 atom stereocenters. The predicted octanol–water partition coefficient (Wildman–Crippen LogP) is 2.57. The van der Waals surface area contributed by atoms with Crippen molar-refractivity contribution in [2.75, 3.05) is 11.9 Å². The summed E-state index contributed by atoms with van der Waals surface area (Å²) in [5.74, 6) is 0.841. The first-order chi connectivity index (χ1) is 16.6. The monoisotopic (exact) mass is 460 g/mol. The maximum absolute atomic E-state index is 13.1. The number of hydrogen-bond donors (Lipinski definition) is 1. The normalized spacial score (nSPS) is 14.5. The third-order valence-electron chi connectivity index (χ3n) is 5.63. The third kappa shape index (κ3) is 4.55. The second-order valence-corrected chi connectivity index (χ2v) is 8.14. The van der Waals surface area contributed by atoms with Gasteiger partial charge in [0.15, 0.2) is 11.5 Å². The minimum Gasteiger partial charge on any atom is -0.461 e. The topological polar surface area (TPSA) is 130 Å². The van der Waals surface area contributed by atoms with Crippen LogP contribution in [0.1, 0.15) is 30.5 Å². The SMILES string of the molecule is Cc1ccc(NC(=O)C(COC2CCC2)Oc2ncnc3c2cnn3-c2nccnc2C)nc1. The molecule has 1 fully saturated rings. The molecule has 0 spiro atoms. The van der Waals surface area contributed by atoms with Gasteiger partial charge >= 0.3 is 0 Å². The maximum atomic E-state index is 13.1. The molecule has 4 aromatic heterocycles. The highest BCUT2D eigenvalue weighted by atomic mass is 16.5. The molecule has 11 nitrogen and oxygen atoms in total. The first-order valence-electron chi connectivity index (χ1n) is 11.1. The van der Waals surface area contributed by atoms with Gasteiger partial charge in [-0.2, -0.15) is 9.78 Å². The van der Waals surface area contributed by atoms with Gasteiger partial charge in [0.25, 0.3) is 5.91 Å². The number of hydrogen-bond acceptors (Lipinski definition) is 9. The fourth-order valence-electron chi connectivity index (χ4n) is 3.49. The number of anilines is 1. The van der Waals surface area contributed by atoms with Gasteiger partial charge in [-0.3, -0.25) is 9.78 Å². The van der Waals surface area contributed by atoms with E-state index in [4.69, 9.17) is 9.47 Å². The molecule has 1 unspecified atom stereocenters. The molecule has 0 bridgehead atoms. The van der Waals surface area contributed by atoms with E-state index in [2.05, 4.69) is 35.3 Å². The Bertz CT molecular complexity index is 1300. The van der Waals surface area contributed by atoms with Crippen molar-refractivity contribution in [1.82, 2.24) is 34.7 Å². The predicted molar refractivity (Wildman–Crippen MR) is 123 cm³/mol. The average molecular weight is 460 g/mol. The van der Waals surface area contributed by atoms with E-state index in [0.717, 1.165) is 24.8 Å². The van der Waals surface area contributed by atoms with Crippen LogP contribution in [-0.4, -0.2) is 59.4 Å². The van der Waals surface area contributed by atoms with Crippen LogP contribution in [-0.2, 0) is 9.53 Å². The van der Waals surface area contributed by atoms with Crippen LogP contribution in [0.4, 0.5) is 5.82 Å². The number of amides is 1. The summed E-state index contributed by atoms with van der Waals surface area (Å²) in [5.41, 5.74) is 2.19. The lowest BCUT2D eigenvalue weighted by molar-refractivity contribution is -0.128. The van der Waals surface area contributed by atoms with E-state index < -0.39 is 6.10 Å². The fraction of sp³-hybridized carbons (Fsp3) is 0.348. The van der Waals surface area contributed by atoms with Gasteiger partial charge in [0, 0.05) is 18.6 Å². The van der Waals surface area contributed by atoms with Crippen molar-refractivity contribution >= 4 is 22.8 Å². The van der Waals surface area contributed by atoms with Crippen molar-refractivity contribution in [3.8, 4) is 11.7 Å². The molecule has 1 saturated carbocycles. The number of ether oxygens (including phenoxy) is 2. The highest BCUT2D eigenvalue weighted by molar-refractivity contribution is 5.94. The highest BCUT2D eigenvalue weighted by Crippen LogP contribution is 2.26. The quantitative estimate of drug-likeness (QED) is 0.421.